The molecule has 2 unspecified atom stereocenters. The van der Waals surface area contributed by atoms with Crippen LogP contribution in [0, 0.1) is 5.92 Å². The summed E-state index contributed by atoms with van der Waals surface area (Å²) in [6.07, 6.45) is 2.96. The van der Waals surface area contributed by atoms with Crippen LogP contribution in [0.1, 0.15) is 38.2 Å². The molecule has 1 fully saturated rings. The summed E-state index contributed by atoms with van der Waals surface area (Å²) in [7, 11) is -2.91. The number of nitrogens with one attached hydrogen (secondary N) is 1. The molecule has 5 nitrogen and oxygen atoms in total. The number of nitrogens with zero attached hydrogens (tertiary/aromatic N) is 2. The number of piperidine rings is 1. The number of hydrogen-bond donors (Lipinski definition) is 1. The summed E-state index contributed by atoms with van der Waals surface area (Å²) in [5.41, 5.74) is 1.42. The van der Waals surface area contributed by atoms with Crippen LogP contribution in [0.5, 0.6) is 0 Å². The molecule has 1 aromatic carbocycles. The Morgan fingerprint density at radius 1 is 1.31 bits per heavy atom. The predicted molar refractivity (Wildman–Crippen MR) is 120 cm³/mol. The van der Waals surface area contributed by atoms with E-state index in [9.17, 15) is 8.42 Å². The second kappa shape index (κ2) is 11.1. The summed E-state index contributed by atoms with van der Waals surface area (Å²) in [6, 6.07) is 10.7. The van der Waals surface area contributed by atoms with E-state index in [2.05, 4.69) is 59.4 Å². The van der Waals surface area contributed by atoms with Gasteiger partial charge in [-0.25, -0.2) is 8.42 Å². The van der Waals surface area contributed by atoms with Crippen LogP contribution in [0.25, 0.3) is 0 Å². The standard InChI is InChI=1S/C19H31N3O2S.HI/c1-4-20-19(21-12-8-14-25(3,23)24)22-13-11-18(16(2)15-22)17-9-6-5-7-10-17;/h5-7,9-10,16,18H,4,8,11-15H2,1-3H3,(H,20,21);1H. The molecule has 1 aliphatic heterocycles. The molecule has 0 bridgehead atoms. The average Bonchev–Trinajstić information content (AvgIpc) is 2.57. The highest BCUT2D eigenvalue weighted by molar-refractivity contribution is 14.0. The number of halogens is 1. The summed E-state index contributed by atoms with van der Waals surface area (Å²) < 4.78 is 22.5. The van der Waals surface area contributed by atoms with Gasteiger partial charge in [-0.1, -0.05) is 37.3 Å². The van der Waals surface area contributed by atoms with E-state index in [-0.39, 0.29) is 29.7 Å². The fourth-order valence-corrected chi connectivity index (χ4v) is 4.12. The molecule has 0 saturated carbocycles. The minimum Gasteiger partial charge on any atom is -0.357 e. The molecule has 1 aliphatic rings. The Morgan fingerprint density at radius 3 is 2.58 bits per heavy atom. The van der Waals surface area contributed by atoms with Gasteiger partial charge in [0.25, 0.3) is 0 Å². The van der Waals surface area contributed by atoms with Gasteiger partial charge in [0, 0.05) is 32.4 Å². The van der Waals surface area contributed by atoms with Crippen LogP contribution in [0.2, 0.25) is 0 Å². The molecule has 7 heteroatoms. The lowest BCUT2D eigenvalue weighted by Crippen LogP contribution is -2.48. The maximum Gasteiger partial charge on any atom is 0.193 e. The number of rotatable bonds is 6. The number of sulfone groups is 1. The van der Waals surface area contributed by atoms with Crippen molar-refractivity contribution in [2.45, 2.75) is 32.6 Å². The minimum atomic E-state index is -2.91. The van der Waals surface area contributed by atoms with Gasteiger partial charge in [0.1, 0.15) is 9.84 Å². The van der Waals surface area contributed by atoms with E-state index in [1.165, 1.54) is 11.8 Å². The molecule has 0 amide bonds. The molecule has 148 valence electrons. The second-order valence-electron chi connectivity index (χ2n) is 6.95. The molecule has 1 aromatic rings. The first kappa shape index (κ1) is 23.2. The Morgan fingerprint density at radius 2 is 2.00 bits per heavy atom. The van der Waals surface area contributed by atoms with Crippen LogP contribution in [-0.2, 0) is 9.84 Å². The van der Waals surface area contributed by atoms with Crippen LogP contribution < -0.4 is 5.32 Å². The van der Waals surface area contributed by atoms with Gasteiger partial charge in [-0.05, 0) is 37.2 Å². The molecule has 0 aliphatic carbocycles. The van der Waals surface area contributed by atoms with E-state index in [4.69, 9.17) is 0 Å². The zero-order chi connectivity index (χ0) is 18.3. The normalized spacial score (nSPS) is 21.2. The van der Waals surface area contributed by atoms with E-state index in [1.807, 2.05) is 0 Å². The number of benzene rings is 1. The zero-order valence-corrected chi connectivity index (χ0v) is 19.2. The summed E-state index contributed by atoms with van der Waals surface area (Å²) in [5, 5.41) is 3.35. The van der Waals surface area contributed by atoms with E-state index in [1.54, 1.807) is 0 Å². The second-order valence-corrected chi connectivity index (χ2v) is 9.21. The van der Waals surface area contributed by atoms with E-state index in [0.29, 0.717) is 24.8 Å². The molecule has 1 heterocycles. The van der Waals surface area contributed by atoms with Gasteiger partial charge >= 0.3 is 0 Å². The SMILES string of the molecule is CCNC(=NCCCS(C)(=O)=O)N1CCC(c2ccccc2)C(C)C1.I. The Hall–Kier alpha value is -0.830. The summed E-state index contributed by atoms with van der Waals surface area (Å²) in [4.78, 5) is 6.95. The van der Waals surface area contributed by atoms with Gasteiger partial charge in [0.15, 0.2) is 5.96 Å². The first-order chi connectivity index (χ1) is 11.9. The summed E-state index contributed by atoms with van der Waals surface area (Å²) >= 11 is 0. The van der Waals surface area contributed by atoms with Crippen LogP contribution in [0.4, 0.5) is 0 Å². The molecular weight excluding hydrogens is 461 g/mol. The highest BCUT2D eigenvalue weighted by Crippen LogP contribution is 2.32. The molecule has 0 spiro atoms. The third kappa shape index (κ3) is 7.42. The van der Waals surface area contributed by atoms with E-state index >= 15 is 0 Å². The maximum absolute atomic E-state index is 11.2. The molecule has 0 radical (unpaired) electrons. The first-order valence-corrected chi connectivity index (χ1v) is 11.2. The van der Waals surface area contributed by atoms with Crippen molar-refractivity contribution in [1.82, 2.24) is 10.2 Å². The molecule has 1 N–H and O–H groups in total. The lowest BCUT2D eigenvalue weighted by Gasteiger charge is -2.39. The third-order valence-corrected chi connectivity index (χ3v) is 5.73. The summed E-state index contributed by atoms with van der Waals surface area (Å²) in [5.74, 6) is 2.25. The van der Waals surface area contributed by atoms with Crippen molar-refractivity contribution in [3.05, 3.63) is 35.9 Å². The molecule has 2 atom stereocenters. The summed E-state index contributed by atoms with van der Waals surface area (Å²) in [6.45, 7) is 7.67. The minimum absolute atomic E-state index is 0. The fraction of sp³-hybridized carbons (Fsp3) is 0.632. The number of likely N-dealkylation sites (tertiary alicyclic amines) is 1. The Kier molecular flexibility index (Phi) is 9.92. The molecule has 1 saturated heterocycles. The van der Waals surface area contributed by atoms with Gasteiger partial charge in [0.05, 0.1) is 5.75 Å². The van der Waals surface area contributed by atoms with Gasteiger partial charge in [-0.2, -0.15) is 0 Å². The lowest BCUT2D eigenvalue weighted by molar-refractivity contribution is 0.234. The smallest absolute Gasteiger partial charge is 0.193 e. The van der Waals surface area contributed by atoms with Crippen molar-refractivity contribution in [3.63, 3.8) is 0 Å². The van der Waals surface area contributed by atoms with Crippen molar-refractivity contribution in [3.8, 4) is 0 Å². The quantitative estimate of drug-likeness (QED) is 0.286. The number of hydrogen-bond acceptors (Lipinski definition) is 3. The highest BCUT2D eigenvalue weighted by atomic mass is 127. The van der Waals surface area contributed by atoms with Crippen molar-refractivity contribution in [1.29, 1.82) is 0 Å². The monoisotopic (exact) mass is 493 g/mol. The van der Waals surface area contributed by atoms with E-state index < -0.39 is 9.84 Å². The Bertz CT molecular complexity index is 665. The van der Waals surface area contributed by atoms with Crippen molar-refractivity contribution < 1.29 is 8.42 Å². The van der Waals surface area contributed by atoms with Crippen LogP contribution in [0.15, 0.2) is 35.3 Å². The van der Waals surface area contributed by atoms with Crippen molar-refractivity contribution in [2.75, 3.05) is 38.2 Å². The van der Waals surface area contributed by atoms with Crippen LogP contribution >= 0.6 is 24.0 Å². The van der Waals surface area contributed by atoms with Crippen LogP contribution in [-0.4, -0.2) is 57.5 Å². The van der Waals surface area contributed by atoms with Crippen molar-refractivity contribution in [2.24, 2.45) is 10.9 Å². The fourth-order valence-electron chi connectivity index (χ4n) is 3.47. The maximum atomic E-state index is 11.2. The lowest BCUT2D eigenvalue weighted by atomic mass is 9.82. The van der Waals surface area contributed by atoms with Crippen molar-refractivity contribution >= 4 is 39.8 Å². The Balaban J connectivity index is 0.00000338. The molecule has 2 rings (SSSR count). The van der Waals surface area contributed by atoms with Gasteiger partial charge in [0.2, 0.25) is 0 Å². The largest absolute Gasteiger partial charge is 0.357 e. The predicted octanol–water partition coefficient (Wildman–Crippen LogP) is 3.13. The number of aliphatic imine (C=N–C) groups is 1. The van der Waals surface area contributed by atoms with Crippen LogP contribution in [0.3, 0.4) is 0 Å². The first-order valence-electron chi connectivity index (χ1n) is 9.16. The number of guanidine groups is 1. The molecule has 26 heavy (non-hydrogen) atoms. The molecule has 0 aromatic heterocycles. The Labute approximate surface area is 175 Å². The van der Waals surface area contributed by atoms with Gasteiger partial charge < -0.3 is 10.2 Å². The average molecular weight is 493 g/mol. The van der Waals surface area contributed by atoms with Gasteiger partial charge in [-0.15, -0.1) is 24.0 Å². The third-order valence-electron chi connectivity index (χ3n) is 4.70. The topological polar surface area (TPSA) is 61.8 Å². The highest BCUT2D eigenvalue weighted by Gasteiger charge is 2.28. The van der Waals surface area contributed by atoms with Gasteiger partial charge in [-0.3, -0.25) is 4.99 Å². The van der Waals surface area contributed by atoms with E-state index in [0.717, 1.165) is 32.0 Å². The zero-order valence-electron chi connectivity index (χ0n) is 16.0. The molecular formula is C19H32IN3O2S.